The number of nitrogens with one attached hydrogen (secondary N) is 6. The Labute approximate surface area is 442 Å². The fourth-order valence-corrected chi connectivity index (χ4v) is 11.4. The number of likely N-dealkylation sites (tertiary alicyclic amines) is 1. The van der Waals surface area contributed by atoms with Crippen molar-refractivity contribution in [2.75, 3.05) is 18.8 Å². The van der Waals surface area contributed by atoms with Crippen LogP contribution in [0.5, 0.6) is 5.75 Å². The molecule has 0 aliphatic carbocycles. The lowest BCUT2D eigenvalue weighted by Crippen LogP contribution is -2.62. The van der Waals surface area contributed by atoms with Crippen LogP contribution in [0, 0.1) is 5.92 Å². The van der Waals surface area contributed by atoms with E-state index >= 15 is 0 Å². The highest BCUT2D eigenvalue weighted by Gasteiger charge is 2.60. The van der Waals surface area contributed by atoms with E-state index in [2.05, 4.69) is 41.5 Å². The number of guanidine groups is 1. The predicted molar refractivity (Wildman–Crippen MR) is 276 cm³/mol. The second-order valence-corrected chi connectivity index (χ2v) is 20.8. The molecule has 3 fully saturated rings. The minimum Gasteiger partial charge on any atom is -0.508 e. The van der Waals surface area contributed by atoms with Gasteiger partial charge in [0.25, 0.3) is 0 Å². The zero-order valence-corrected chi connectivity index (χ0v) is 43.0. The Bertz CT molecular complexity index is 2600. The summed E-state index contributed by atoms with van der Waals surface area (Å²) in [6.07, 6.45) is 2.69. The molecule has 26 heteroatoms. The maximum Gasteiger partial charge on any atom is 0.326 e. The summed E-state index contributed by atoms with van der Waals surface area (Å²) in [6.45, 7) is 3.86. The molecule has 410 valence electrons. The molecule has 4 heterocycles. The van der Waals surface area contributed by atoms with Crippen LogP contribution in [-0.2, 0) is 62.4 Å². The summed E-state index contributed by atoms with van der Waals surface area (Å²) >= 11 is 1.23. The summed E-state index contributed by atoms with van der Waals surface area (Å²) in [5.74, 6) is -7.87. The second-order valence-electron chi connectivity index (χ2n) is 19.7. The number of carbonyl (C=O) groups excluding carboxylic acids is 7. The normalized spacial score (nSPS) is 20.8. The van der Waals surface area contributed by atoms with Crippen LogP contribution in [0.25, 0.3) is 0 Å². The number of rotatable bonds is 26. The van der Waals surface area contributed by atoms with Gasteiger partial charge in [-0.05, 0) is 67.7 Å². The molecule has 0 unspecified atom stereocenters. The lowest BCUT2D eigenvalue weighted by molar-refractivity contribution is -0.145. The topological polar surface area (TPSA) is 400 Å². The van der Waals surface area contributed by atoms with E-state index in [1.54, 1.807) is 42.5 Å². The van der Waals surface area contributed by atoms with Gasteiger partial charge in [0.2, 0.25) is 41.4 Å². The highest BCUT2D eigenvalue weighted by atomic mass is 32.2. The van der Waals surface area contributed by atoms with Gasteiger partial charge < -0.3 is 73.9 Å². The molecule has 3 aliphatic rings. The second kappa shape index (κ2) is 26.2. The van der Waals surface area contributed by atoms with Gasteiger partial charge in [-0.25, -0.2) is 9.78 Å². The number of fused-ring (bicyclic) bond motifs is 1. The van der Waals surface area contributed by atoms with Gasteiger partial charge in [0.1, 0.15) is 47.4 Å². The van der Waals surface area contributed by atoms with Crippen LogP contribution < -0.4 is 43.8 Å². The monoisotopic (exact) mass is 1070 g/mol. The highest BCUT2D eigenvalue weighted by molar-refractivity contribution is 8.00. The summed E-state index contributed by atoms with van der Waals surface area (Å²) in [4.78, 5) is 137. The lowest BCUT2D eigenvalue weighted by Gasteiger charge is -2.37. The molecule has 25 nitrogen and oxygen atoms in total. The number of aliphatic imine (C=N–C) groups is 1. The van der Waals surface area contributed by atoms with E-state index in [-0.39, 0.29) is 87.8 Å². The summed E-state index contributed by atoms with van der Waals surface area (Å²) in [5, 5.41) is 42.3. The number of imidazole rings is 1. The van der Waals surface area contributed by atoms with E-state index in [4.69, 9.17) is 17.2 Å². The molecule has 0 bridgehead atoms. The Kier molecular flexibility index (Phi) is 19.8. The maximum absolute atomic E-state index is 14.8. The SMILES string of the molecule is CC(C)C[C@H](NC(=O)[C@H](CCCN=C(N)N)NC(=O)[C@@H](N)CC(=O)O)C(=O)N[C@@]1(Cc2ccc(O)cc2)CC(=O)N2[C@H]1SC[C@H]2C(=O)N[C@@H](Cc1cnc[nH]1)C(=O)N1CCC[C@H]1C(=O)N[C@@H](Cc1ccccc1)C(=O)O. The number of carboxylic acids is 2. The van der Waals surface area contributed by atoms with Gasteiger partial charge in [-0.2, -0.15) is 0 Å². The van der Waals surface area contributed by atoms with Gasteiger partial charge >= 0.3 is 11.9 Å². The number of nitrogens with zero attached hydrogens (tertiary/aromatic N) is 4. The Balaban J connectivity index is 1.23. The number of aromatic amines is 1. The molecule has 1 aromatic heterocycles. The first-order valence-corrected chi connectivity index (χ1v) is 26.0. The van der Waals surface area contributed by atoms with Crippen LogP contribution in [0.2, 0.25) is 0 Å². The Morgan fingerprint density at radius 2 is 1.54 bits per heavy atom. The number of hydrogen-bond acceptors (Lipinski definition) is 14. The van der Waals surface area contributed by atoms with Crippen molar-refractivity contribution in [3.8, 4) is 5.75 Å². The number of amides is 7. The number of hydrogen-bond donors (Lipinski definition) is 12. The first-order chi connectivity index (χ1) is 36.1. The van der Waals surface area contributed by atoms with Crippen molar-refractivity contribution >= 4 is 71.0 Å². The fraction of sp³-hybridized carbons (Fsp3) is 0.500. The van der Waals surface area contributed by atoms with Crippen molar-refractivity contribution < 1.29 is 58.5 Å². The Morgan fingerprint density at radius 3 is 2.18 bits per heavy atom. The van der Waals surface area contributed by atoms with Crippen LogP contribution >= 0.6 is 11.8 Å². The number of aromatic hydroxyl groups is 1. The van der Waals surface area contributed by atoms with Crippen molar-refractivity contribution in [2.45, 2.75) is 131 Å². The van der Waals surface area contributed by atoms with E-state index in [0.29, 0.717) is 23.2 Å². The molecule has 2 aromatic carbocycles. The number of H-pyrrole nitrogens is 1. The zero-order valence-electron chi connectivity index (χ0n) is 42.2. The minimum atomic E-state index is -1.50. The molecule has 15 N–H and O–H groups in total. The first kappa shape index (κ1) is 57.5. The minimum absolute atomic E-state index is 0.00537. The Morgan fingerprint density at radius 1 is 0.855 bits per heavy atom. The average Bonchev–Trinajstić information content (AvgIpc) is 4.25. The van der Waals surface area contributed by atoms with Gasteiger partial charge in [0, 0.05) is 43.6 Å². The molecule has 0 spiro atoms. The van der Waals surface area contributed by atoms with Crippen LogP contribution in [0.15, 0.2) is 72.1 Å². The molecular weight excluding hydrogens is 1010 g/mol. The van der Waals surface area contributed by atoms with Gasteiger partial charge in [-0.3, -0.25) is 43.3 Å². The third-order valence-electron chi connectivity index (χ3n) is 13.3. The molecule has 6 rings (SSSR count). The molecular formula is C50H67N13O12S. The van der Waals surface area contributed by atoms with E-state index in [1.807, 2.05) is 13.8 Å². The predicted octanol–water partition coefficient (Wildman–Crippen LogP) is -1.41. The number of aromatic nitrogens is 2. The summed E-state index contributed by atoms with van der Waals surface area (Å²) in [5.41, 5.74) is 17.1. The molecule has 3 saturated heterocycles. The summed E-state index contributed by atoms with van der Waals surface area (Å²) in [6, 6.07) is 6.09. The number of carbonyl (C=O) groups is 9. The maximum atomic E-state index is 14.8. The Hall–Kier alpha value is -7.74. The zero-order chi connectivity index (χ0) is 55.3. The van der Waals surface area contributed by atoms with Crippen LogP contribution in [0.1, 0.15) is 75.6 Å². The van der Waals surface area contributed by atoms with Crippen LogP contribution in [0.3, 0.4) is 0 Å². The van der Waals surface area contributed by atoms with Crippen molar-refractivity contribution in [2.24, 2.45) is 28.1 Å². The molecule has 3 aromatic rings. The van der Waals surface area contributed by atoms with E-state index in [1.165, 1.54) is 46.2 Å². The number of nitrogens with two attached hydrogens (primary N) is 3. The smallest absolute Gasteiger partial charge is 0.326 e. The van der Waals surface area contributed by atoms with Crippen molar-refractivity contribution in [1.82, 2.24) is 46.4 Å². The van der Waals surface area contributed by atoms with Gasteiger partial charge in [-0.15, -0.1) is 11.8 Å². The number of phenolic OH excluding ortho intramolecular Hbond substituents is 1. The van der Waals surface area contributed by atoms with Crippen LogP contribution in [-0.4, -0.2) is 166 Å². The molecule has 76 heavy (non-hydrogen) atoms. The number of carboxylic acid groups (broad SMARTS) is 2. The standard InChI is InChI=1S/C50H67N13O12S/c1-27(2)18-34(58-42(69)33(10-6-16-55-49(52)53)57-41(68)32(51)21-40(66)67)43(70)61-50(22-29-12-14-31(64)15-13-29)23-39(65)63-38(25-76-48(50)63)45(72)59-35(20-30-24-54-26-56-30)46(73)62-17-7-11-37(62)44(71)60-36(47(74)75)19-28-8-4-3-5-9-28/h3-5,8-9,12-15,24,26-27,32-38,48,64H,6-7,10-11,16-23,25,51H2,1-2H3,(H,54,56)(H,57,68)(H,58,69)(H,59,72)(H,60,71)(H,61,70)(H,66,67)(H,74,75)(H4,52,53,55)/t32-,33-,34-,35-,36-,37-,38-,48-,50-/m0/s1. The molecule has 0 radical (unpaired) electrons. The van der Waals surface area contributed by atoms with E-state index in [9.17, 15) is 58.5 Å². The molecule has 3 aliphatic heterocycles. The molecule has 0 saturated carbocycles. The van der Waals surface area contributed by atoms with Crippen molar-refractivity contribution in [3.05, 3.63) is 83.9 Å². The molecule has 9 atom stereocenters. The first-order valence-electron chi connectivity index (χ1n) is 25.0. The van der Waals surface area contributed by atoms with Crippen LogP contribution in [0.4, 0.5) is 0 Å². The number of thioether (sulfide) groups is 1. The van der Waals surface area contributed by atoms with Gasteiger partial charge in [0.15, 0.2) is 5.96 Å². The fourth-order valence-electron chi connectivity index (χ4n) is 9.71. The van der Waals surface area contributed by atoms with Crippen molar-refractivity contribution in [1.29, 1.82) is 0 Å². The lowest BCUT2D eigenvalue weighted by atomic mass is 9.88. The van der Waals surface area contributed by atoms with Crippen molar-refractivity contribution in [3.63, 3.8) is 0 Å². The largest absolute Gasteiger partial charge is 0.508 e. The number of benzene rings is 2. The van der Waals surface area contributed by atoms with E-state index < -0.39 is 113 Å². The molecule has 7 amide bonds. The number of phenols is 1. The van der Waals surface area contributed by atoms with E-state index in [0.717, 1.165) is 0 Å². The summed E-state index contributed by atoms with van der Waals surface area (Å²) < 4.78 is 0. The quantitative estimate of drug-likeness (QED) is 0.0250. The summed E-state index contributed by atoms with van der Waals surface area (Å²) in [7, 11) is 0. The average molecular weight is 1070 g/mol. The number of aliphatic carboxylic acids is 2. The third kappa shape index (κ3) is 15.2. The van der Waals surface area contributed by atoms with Gasteiger partial charge in [0.05, 0.1) is 30.7 Å². The highest BCUT2D eigenvalue weighted by Crippen LogP contribution is 2.46. The van der Waals surface area contributed by atoms with Gasteiger partial charge in [-0.1, -0.05) is 56.3 Å². The third-order valence-corrected chi connectivity index (χ3v) is 14.8.